The van der Waals surface area contributed by atoms with Gasteiger partial charge in [0.15, 0.2) is 16.9 Å². The van der Waals surface area contributed by atoms with E-state index in [1.54, 1.807) is 19.1 Å². The van der Waals surface area contributed by atoms with Crippen molar-refractivity contribution in [1.82, 2.24) is 0 Å². The van der Waals surface area contributed by atoms with Crippen LogP contribution >= 0.6 is 0 Å². The Balaban J connectivity index is 1.93. The van der Waals surface area contributed by atoms with Crippen LogP contribution in [-0.4, -0.2) is 44.0 Å². The Bertz CT molecular complexity index is 1050. The highest BCUT2D eigenvalue weighted by atomic mass is 32.2. The van der Waals surface area contributed by atoms with Gasteiger partial charge in [0, 0.05) is 11.8 Å². The number of ether oxygens (including phenoxy) is 2. The first-order valence-corrected chi connectivity index (χ1v) is 10.3. The third-order valence-corrected chi connectivity index (χ3v) is 6.11. The van der Waals surface area contributed by atoms with Crippen LogP contribution in [0.1, 0.15) is 22.8 Å². The number of carbonyl (C=O) groups excluding carboxylic acids is 1. The van der Waals surface area contributed by atoms with Crippen molar-refractivity contribution in [3.63, 3.8) is 0 Å². The summed E-state index contributed by atoms with van der Waals surface area (Å²) in [6, 6.07) is 9.50. The highest BCUT2D eigenvalue weighted by Crippen LogP contribution is 2.42. The van der Waals surface area contributed by atoms with E-state index in [4.69, 9.17) is 9.47 Å². The van der Waals surface area contributed by atoms with Gasteiger partial charge in [-0.3, -0.25) is 9.35 Å². The lowest BCUT2D eigenvalue weighted by molar-refractivity contribution is 0.0982. The number of carbonyl (C=O) groups is 1. The largest absolute Gasteiger partial charge is 0.493 e. The van der Waals surface area contributed by atoms with Crippen molar-refractivity contribution in [1.29, 1.82) is 0 Å². The summed E-state index contributed by atoms with van der Waals surface area (Å²) in [6.07, 6.45) is 0.308. The molecule has 9 heteroatoms. The fraction of sp³-hybridized carbons (Fsp3) is 0.316. The zero-order valence-electron chi connectivity index (χ0n) is 15.4. The molecule has 0 aromatic heterocycles. The zero-order chi connectivity index (χ0) is 20.1. The number of methoxy groups -OCH3 is 1. The number of anilines is 2. The van der Waals surface area contributed by atoms with Gasteiger partial charge in [-0.05, 0) is 31.0 Å². The lowest BCUT2D eigenvalue weighted by atomic mass is 10.1. The van der Waals surface area contributed by atoms with E-state index in [9.17, 15) is 17.8 Å². The Labute approximate surface area is 162 Å². The molecule has 2 atom stereocenters. The lowest BCUT2D eigenvalue weighted by Gasteiger charge is -2.27. The van der Waals surface area contributed by atoms with Gasteiger partial charge in [-0.2, -0.15) is 8.42 Å². The minimum absolute atomic E-state index is 0.244. The minimum Gasteiger partial charge on any atom is -0.493 e. The molecule has 2 aromatic rings. The number of nitrogens with one attached hydrogen (secondary N) is 1. The molecule has 28 heavy (non-hydrogen) atoms. The summed E-state index contributed by atoms with van der Waals surface area (Å²) in [6.45, 7) is 2.17. The highest BCUT2D eigenvalue weighted by Gasteiger charge is 2.47. The van der Waals surface area contributed by atoms with Gasteiger partial charge in [0.25, 0.3) is 16.0 Å². The summed E-state index contributed by atoms with van der Waals surface area (Å²) < 4.78 is 45.1. The molecular formula is C19H20N2O6S. The maximum atomic E-state index is 13.4. The monoisotopic (exact) mass is 404 g/mol. The molecule has 2 N–H and O–H groups in total. The van der Waals surface area contributed by atoms with Gasteiger partial charge >= 0.3 is 0 Å². The van der Waals surface area contributed by atoms with E-state index in [1.807, 2.05) is 12.1 Å². The molecule has 2 aliphatic heterocycles. The van der Waals surface area contributed by atoms with Crippen LogP contribution in [0.3, 0.4) is 0 Å². The van der Waals surface area contributed by atoms with Gasteiger partial charge in [0.05, 0.1) is 31.0 Å². The molecule has 0 spiro atoms. The fourth-order valence-corrected chi connectivity index (χ4v) is 4.74. The second kappa shape index (κ2) is 6.68. The Hall–Kier alpha value is -2.78. The quantitative estimate of drug-likeness (QED) is 0.754. The third-order valence-electron chi connectivity index (χ3n) is 5.03. The zero-order valence-corrected chi connectivity index (χ0v) is 16.2. The number of hydrogen-bond donors (Lipinski definition) is 2. The summed E-state index contributed by atoms with van der Waals surface area (Å²) in [5.74, 6) is 0.371. The van der Waals surface area contributed by atoms with E-state index in [-0.39, 0.29) is 17.2 Å². The van der Waals surface area contributed by atoms with E-state index in [1.165, 1.54) is 24.1 Å². The number of amides is 1. The van der Waals surface area contributed by atoms with Crippen molar-refractivity contribution in [2.75, 3.05) is 23.9 Å². The van der Waals surface area contributed by atoms with E-state index in [0.717, 1.165) is 5.56 Å². The summed E-state index contributed by atoms with van der Waals surface area (Å²) in [5.41, 5.74) is 1.99. The molecule has 0 bridgehead atoms. The van der Waals surface area contributed by atoms with Crippen molar-refractivity contribution >= 4 is 27.4 Å². The molecule has 0 aliphatic carbocycles. The minimum atomic E-state index is -4.51. The van der Waals surface area contributed by atoms with Crippen LogP contribution in [0.25, 0.3) is 0 Å². The average molecular weight is 404 g/mol. The molecule has 2 aliphatic rings. The van der Waals surface area contributed by atoms with E-state index >= 15 is 0 Å². The molecule has 148 valence electrons. The van der Waals surface area contributed by atoms with Crippen molar-refractivity contribution in [3.05, 3.63) is 47.5 Å². The fourth-order valence-electron chi connectivity index (χ4n) is 3.85. The van der Waals surface area contributed by atoms with Gasteiger partial charge in [0.1, 0.15) is 0 Å². The first-order valence-electron chi connectivity index (χ1n) is 8.84. The second-order valence-corrected chi connectivity index (χ2v) is 8.17. The number of benzene rings is 2. The average Bonchev–Trinajstić information content (AvgIpc) is 2.98. The molecule has 2 heterocycles. The molecule has 0 fully saturated rings. The summed E-state index contributed by atoms with van der Waals surface area (Å²) in [5, 5.41) is 1.47. The number of rotatable bonds is 4. The Morgan fingerprint density at radius 1 is 1.25 bits per heavy atom. The predicted octanol–water partition coefficient (Wildman–Crippen LogP) is 2.30. The number of hydrogen-bond acceptors (Lipinski definition) is 6. The van der Waals surface area contributed by atoms with E-state index < -0.39 is 21.5 Å². The van der Waals surface area contributed by atoms with Crippen LogP contribution in [0.4, 0.5) is 11.4 Å². The van der Waals surface area contributed by atoms with Crippen molar-refractivity contribution in [2.24, 2.45) is 0 Å². The van der Waals surface area contributed by atoms with Crippen LogP contribution < -0.4 is 19.7 Å². The summed E-state index contributed by atoms with van der Waals surface area (Å²) >= 11 is 0. The van der Waals surface area contributed by atoms with E-state index in [2.05, 4.69) is 5.32 Å². The standard InChI is InChI=1S/C19H20N2O6S/c1-3-27-17-10-13-12(9-16(17)26-2)19(22)21-14-7-5-4-6-11(14)8-15(21)18(20-13)28(23,24)25/h4-7,9-10,15,18,20H,3,8H2,1-2H3,(H,23,24,25)/t15-,18?/m0/s1. The summed E-state index contributed by atoms with van der Waals surface area (Å²) in [4.78, 5) is 14.8. The van der Waals surface area contributed by atoms with Crippen molar-refractivity contribution < 1.29 is 27.2 Å². The molecule has 1 unspecified atom stereocenters. The Morgan fingerprint density at radius 3 is 2.68 bits per heavy atom. The number of nitrogens with zero attached hydrogens (tertiary/aromatic N) is 1. The van der Waals surface area contributed by atoms with Gasteiger partial charge < -0.3 is 19.7 Å². The first kappa shape index (κ1) is 18.6. The highest BCUT2D eigenvalue weighted by molar-refractivity contribution is 7.86. The van der Waals surface area contributed by atoms with Crippen LogP contribution in [0, 0.1) is 0 Å². The maximum Gasteiger partial charge on any atom is 0.288 e. The Morgan fingerprint density at radius 2 is 2.00 bits per heavy atom. The van der Waals surface area contributed by atoms with Crippen LogP contribution in [-0.2, 0) is 16.5 Å². The normalized spacial score (nSPS) is 20.5. The van der Waals surface area contributed by atoms with Crippen molar-refractivity contribution in [3.8, 4) is 11.5 Å². The van der Waals surface area contributed by atoms with Gasteiger partial charge in [-0.25, -0.2) is 0 Å². The molecule has 0 radical (unpaired) electrons. The third kappa shape index (κ3) is 2.87. The molecule has 0 saturated carbocycles. The predicted molar refractivity (Wildman–Crippen MR) is 104 cm³/mol. The molecule has 8 nitrogen and oxygen atoms in total. The van der Waals surface area contributed by atoms with Crippen LogP contribution in [0.15, 0.2) is 36.4 Å². The van der Waals surface area contributed by atoms with Crippen LogP contribution in [0.2, 0.25) is 0 Å². The molecule has 1 amide bonds. The van der Waals surface area contributed by atoms with Gasteiger partial charge in [-0.1, -0.05) is 18.2 Å². The molecule has 0 saturated heterocycles. The smallest absolute Gasteiger partial charge is 0.288 e. The SMILES string of the molecule is CCOc1cc2c(cc1OC)C(=O)N1c3ccccc3C[C@H]1C(S(=O)(=O)O)N2. The second-order valence-electron chi connectivity index (χ2n) is 6.64. The molecular weight excluding hydrogens is 384 g/mol. The number of para-hydroxylation sites is 1. The molecule has 2 aromatic carbocycles. The maximum absolute atomic E-state index is 13.4. The first-order chi connectivity index (χ1) is 13.3. The number of fused-ring (bicyclic) bond motifs is 4. The lowest BCUT2D eigenvalue weighted by Crippen LogP contribution is -2.49. The van der Waals surface area contributed by atoms with Gasteiger partial charge in [-0.15, -0.1) is 0 Å². The van der Waals surface area contributed by atoms with E-state index in [0.29, 0.717) is 30.2 Å². The van der Waals surface area contributed by atoms with Crippen LogP contribution in [0.5, 0.6) is 11.5 Å². The Kier molecular flexibility index (Phi) is 4.43. The van der Waals surface area contributed by atoms with Crippen molar-refractivity contribution in [2.45, 2.75) is 24.8 Å². The summed E-state index contributed by atoms with van der Waals surface area (Å²) in [7, 11) is -3.04. The topological polar surface area (TPSA) is 105 Å². The van der Waals surface area contributed by atoms with Gasteiger partial charge in [0.2, 0.25) is 0 Å². The molecule has 4 rings (SSSR count).